The average Bonchev–Trinajstić information content (AvgIpc) is 3.45. The molecule has 5 rings (SSSR count). The van der Waals surface area contributed by atoms with Crippen LogP contribution in [0, 0.1) is 17.2 Å². The molecule has 1 N–H and O–H groups in total. The molecule has 2 aliphatic carbocycles. The van der Waals surface area contributed by atoms with Crippen molar-refractivity contribution in [2.45, 2.75) is 65.4 Å². The molecule has 3 aromatic carbocycles. The summed E-state index contributed by atoms with van der Waals surface area (Å²) in [5.74, 6) is -0.200. The molecule has 3 aromatic rings. The number of aliphatic carboxylic acids is 1. The minimum Gasteiger partial charge on any atom is -0.497 e. The van der Waals surface area contributed by atoms with Crippen LogP contribution < -0.4 is 9.47 Å². The number of fused-ring (bicyclic) bond motifs is 1. The zero-order chi connectivity index (χ0) is 27.9. The van der Waals surface area contributed by atoms with Crippen LogP contribution in [0.3, 0.4) is 0 Å². The van der Waals surface area contributed by atoms with E-state index in [1.807, 2.05) is 31.2 Å². The number of carboxylic acids is 1. The lowest BCUT2D eigenvalue weighted by atomic mass is 9.73. The van der Waals surface area contributed by atoms with Gasteiger partial charge >= 0.3 is 5.97 Å². The first-order valence-electron chi connectivity index (χ1n) is 13.7. The van der Waals surface area contributed by atoms with E-state index in [-0.39, 0.29) is 11.2 Å². The highest BCUT2D eigenvalue weighted by molar-refractivity contribution is 5.85. The fourth-order valence-corrected chi connectivity index (χ4v) is 6.25. The van der Waals surface area contributed by atoms with Crippen molar-refractivity contribution < 1.29 is 23.8 Å². The van der Waals surface area contributed by atoms with Gasteiger partial charge in [0.2, 0.25) is 0 Å². The summed E-state index contributed by atoms with van der Waals surface area (Å²) in [7, 11) is 1.59. The van der Waals surface area contributed by atoms with Crippen molar-refractivity contribution in [3.8, 4) is 22.6 Å². The van der Waals surface area contributed by atoms with Crippen molar-refractivity contribution in [1.82, 2.24) is 0 Å². The Morgan fingerprint density at radius 2 is 1.74 bits per heavy atom. The van der Waals surface area contributed by atoms with Gasteiger partial charge in [-0.1, -0.05) is 52.0 Å². The first-order chi connectivity index (χ1) is 18.5. The second-order valence-corrected chi connectivity index (χ2v) is 11.9. The number of carboxylic acid groups (broad SMARTS) is 1. The Morgan fingerprint density at radius 1 is 0.974 bits per heavy atom. The van der Waals surface area contributed by atoms with Crippen LogP contribution in [-0.4, -0.2) is 18.2 Å². The van der Waals surface area contributed by atoms with Crippen molar-refractivity contribution >= 4 is 11.5 Å². The molecule has 39 heavy (non-hydrogen) atoms. The van der Waals surface area contributed by atoms with Crippen LogP contribution in [0.4, 0.5) is 4.39 Å². The normalized spacial score (nSPS) is 20.3. The zero-order valence-electron chi connectivity index (χ0n) is 23.4. The molecule has 0 aromatic heterocycles. The molecule has 2 atom stereocenters. The summed E-state index contributed by atoms with van der Waals surface area (Å²) in [4.78, 5) is 11.8. The van der Waals surface area contributed by atoms with Crippen molar-refractivity contribution in [2.75, 3.05) is 7.11 Å². The lowest BCUT2D eigenvalue weighted by Gasteiger charge is -2.30. The maximum atomic E-state index is 15.1. The average molecular weight is 529 g/mol. The highest BCUT2D eigenvalue weighted by Crippen LogP contribution is 2.48. The lowest BCUT2D eigenvalue weighted by molar-refractivity contribution is -0.143. The second-order valence-electron chi connectivity index (χ2n) is 11.9. The van der Waals surface area contributed by atoms with Gasteiger partial charge in [-0.05, 0) is 101 Å². The third-order valence-electron chi connectivity index (χ3n) is 9.03. The number of aryl methyl sites for hydroxylation is 1. The van der Waals surface area contributed by atoms with Crippen LogP contribution in [0.5, 0.6) is 11.5 Å². The molecule has 0 saturated carbocycles. The van der Waals surface area contributed by atoms with Gasteiger partial charge in [0, 0.05) is 11.0 Å². The predicted octanol–water partition coefficient (Wildman–Crippen LogP) is 8.21. The molecule has 5 heteroatoms. The molecular formula is C34H37FO4. The minimum atomic E-state index is -0.777. The fourth-order valence-electron chi connectivity index (χ4n) is 6.25. The number of rotatable bonds is 8. The van der Waals surface area contributed by atoms with Gasteiger partial charge in [0.1, 0.15) is 23.9 Å². The predicted molar refractivity (Wildman–Crippen MR) is 153 cm³/mol. The number of allylic oxidation sites excluding steroid dienone is 2. The maximum absolute atomic E-state index is 15.1. The molecule has 0 amide bonds. The number of methoxy groups -OCH3 is 1. The van der Waals surface area contributed by atoms with E-state index in [9.17, 15) is 9.90 Å². The van der Waals surface area contributed by atoms with Gasteiger partial charge < -0.3 is 14.6 Å². The number of ether oxygens (including phenoxy) is 2. The third-order valence-corrected chi connectivity index (χ3v) is 9.03. The smallest absolute Gasteiger partial charge is 0.307 e. The Balaban J connectivity index is 1.47. The molecular weight excluding hydrogens is 491 g/mol. The van der Waals surface area contributed by atoms with Crippen LogP contribution >= 0.6 is 0 Å². The Hall–Kier alpha value is -3.60. The summed E-state index contributed by atoms with van der Waals surface area (Å²) in [6.45, 7) is 8.66. The van der Waals surface area contributed by atoms with E-state index >= 15 is 4.39 Å². The molecule has 204 valence electrons. The topological polar surface area (TPSA) is 55.8 Å². The number of halogens is 1. The van der Waals surface area contributed by atoms with Gasteiger partial charge in [-0.2, -0.15) is 0 Å². The molecule has 0 saturated heterocycles. The van der Waals surface area contributed by atoms with E-state index in [0.717, 1.165) is 53.7 Å². The maximum Gasteiger partial charge on any atom is 0.307 e. The number of carbonyl (C=O) groups is 1. The molecule has 0 fully saturated rings. The van der Waals surface area contributed by atoms with E-state index in [1.165, 1.54) is 17.2 Å². The van der Waals surface area contributed by atoms with E-state index in [4.69, 9.17) is 9.47 Å². The summed E-state index contributed by atoms with van der Waals surface area (Å²) < 4.78 is 26.7. The number of hydrogen-bond acceptors (Lipinski definition) is 3. The first-order valence-corrected chi connectivity index (χ1v) is 13.7. The van der Waals surface area contributed by atoms with Crippen LogP contribution in [0.25, 0.3) is 16.7 Å². The molecule has 0 radical (unpaired) electrons. The van der Waals surface area contributed by atoms with Crippen LogP contribution in [0.1, 0.15) is 69.2 Å². The van der Waals surface area contributed by atoms with Gasteiger partial charge in [0.05, 0.1) is 13.0 Å². The monoisotopic (exact) mass is 528 g/mol. The van der Waals surface area contributed by atoms with E-state index in [0.29, 0.717) is 17.9 Å². The van der Waals surface area contributed by atoms with Crippen LogP contribution in [0.2, 0.25) is 0 Å². The van der Waals surface area contributed by atoms with Gasteiger partial charge in [-0.25, -0.2) is 4.39 Å². The summed E-state index contributed by atoms with van der Waals surface area (Å²) in [5.41, 5.74) is 6.41. The van der Waals surface area contributed by atoms with Crippen LogP contribution in [-0.2, 0) is 23.2 Å². The SMILES string of the molecule is COc1ccc(F)c(-c2ccc(COc3ccc4c(c3)[C@@](C)([C@@H](C)C(=O)O)CC4)cc2C2=CCCC2(C)C)c1. The van der Waals surface area contributed by atoms with Gasteiger partial charge in [-0.15, -0.1) is 0 Å². The van der Waals surface area contributed by atoms with Crippen molar-refractivity contribution in [3.05, 3.63) is 88.7 Å². The highest BCUT2D eigenvalue weighted by atomic mass is 19.1. The second kappa shape index (κ2) is 10.2. The molecule has 0 aliphatic heterocycles. The third kappa shape index (κ3) is 4.95. The van der Waals surface area contributed by atoms with Crippen LogP contribution in [0.15, 0.2) is 60.7 Å². The van der Waals surface area contributed by atoms with Crippen molar-refractivity contribution in [2.24, 2.45) is 11.3 Å². The van der Waals surface area contributed by atoms with Gasteiger partial charge in [-0.3, -0.25) is 4.79 Å². The quantitative estimate of drug-likeness (QED) is 0.320. The number of benzene rings is 3. The van der Waals surface area contributed by atoms with Gasteiger partial charge in [0.25, 0.3) is 0 Å². The summed E-state index contributed by atoms with van der Waals surface area (Å²) in [6.07, 6.45) is 6.00. The molecule has 0 spiro atoms. The summed E-state index contributed by atoms with van der Waals surface area (Å²) in [5, 5.41) is 9.69. The molecule has 0 unspecified atom stereocenters. The Bertz CT molecular complexity index is 1450. The fraction of sp³-hybridized carbons (Fsp3) is 0.382. The van der Waals surface area contributed by atoms with E-state index in [2.05, 4.69) is 32.1 Å². The minimum absolute atomic E-state index is 0.0190. The number of hydrogen-bond donors (Lipinski definition) is 1. The molecule has 0 heterocycles. The first kappa shape index (κ1) is 27.0. The largest absolute Gasteiger partial charge is 0.497 e. The standard InChI is InChI=1S/C34H37FO4/c1-21(32(36)37)34(4)16-14-23-9-10-25(19-30(23)34)39-20-22-8-12-26(28-18-24(38-5)11-13-31(28)35)27(17-22)29-7-6-15-33(29,2)3/h7-13,17-19,21H,6,14-16,20H2,1-5H3,(H,36,37)/t21-,34+/m0/s1. The highest BCUT2D eigenvalue weighted by Gasteiger charge is 2.42. The molecule has 2 aliphatic rings. The zero-order valence-corrected chi connectivity index (χ0v) is 23.4. The van der Waals surface area contributed by atoms with Gasteiger partial charge in [0.15, 0.2) is 0 Å². The summed E-state index contributed by atoms with van der Waals surface area (Å²) in [6, 6.07) is 17.0. The molecule has 4 nitrogen and oxygen atoms in total. The van der Waals surface area contributed by atoms with Crippen molar-refractivity contribution in [1.29, 1.82) is 0 Å². The Kier molecular flexibility index (Phi) is 7.04. The van der Waals surface area contributed by atoms with E-state index in [1.54, 1.807) is 26.2 Å². The Morgan fingerprint density at radius 3 is 2.44 bits per heavy atom. The lowest BCUT2D eigenvalue weighted by Crippen LogP contribution is -2.33. The summed E-state index contributed by atoms with van der Waals surface area (Å²) >= 11 is 0. The van der Waals surface area contributed by atoms with Crippen molar-refractivity contribution in [3.63, 3.8) is 0 Å². The Labute approximate surface area is 230 Å². The van der Waals surface area contributed by atoms with E-state index < -0.39 is 17.3 Å². The molecule has 0 bridgehead atoms.